The maximum absolute atomic E-state index is 9.29. The van der Waals surface area contributed by atoms with Crippen LogP contribution in [0.15, 0.2) is 36.7 Å². The second-order valence-corrected chi connectivity index (χ2v) is 7.22. The number of piperidine rings is 1. The monoisotopic (exact) mass is 320 g/mol. The van der Waals surface area contributed by atoms with Crippen LogP contribution in [0, 0.1) is 17.2 Å². The lowest BCUT2D eigenvalue weighted by Gasteiger charge is -2.33. The molecule has 1 aromatic heterocycles. The Morgan fingerprint density at radius 3 is 2.92 bits per heavy atom. The summed E-state index contributed by atoms with van der Waals surface area (Å²) >= 11 is 0. The van der Waals surface area contributed by atoms with E-state index in [1.54, 1.807) is 0 Å². The summed E-state index contributed by atoms with van der Waals surface area (Å²) in [5.41, 5.74) is 1.94. The summed E-state index contributed by atoms with van der Waals surface area (Å²) in [5, 5.41) is 9.29. The molecule has 0 spiro atoms. The van der Waals surface area contributed by atoms with Crippen LogP contribution in [0.4, 0.5) is 0 Å². The lowest BCUT2D eigenvalue weighted by Crippen LogP contribution is -2.35. The smallest absolute Gasteiger partial charge is 0.113 e. The number of hydrogen-bond acceptors (Lipinski definition) is 3. The van der Waals surface area contributed by atoms with Crippen LogP contribution in [0.25, 0.3) is 0 Å². The lowest BCUT2D eigenvalue weighted by atomic mass is 9.96. The second kappa shape index (κ2) is 6.78. The van der Waals surface area contributed by atoms with Crippen molar-refractivity contribution in [2.45, 2.75) is 44.7 Å². The van der Waals surface area contributed by atoms with E-state index in [4.69, 9.17) is 0 Å². The van der Waals surface area contributed by atoms with Gasteiger partial charge in [-0.05, 0) is 49.8 Å². The van der Waals surface area contributed by atoms with Gasteiger partial charge in [-0.1, -0.05) is 18.2 Å². The molecule has 1 aliphatic heterocycles. The molecule has 1 saturated heterocycles. The Kier molecular flexibility index (Phi) is 4.36. The Bertz CT molecular complexity index is 738. The number of nitriles is 1. The number of nitrogens with zero attached hydrogens (tertiary/aromatic N) is 4. The van der Waals surface area contributed by atoms with E-state index in [1.807, 2.05) is 24.4 Å². The van der Waals surface area contributed by atoms with Crippen molar-refractivity contribution in [2.24, 2.45) is 5.92 Å². The third-order valence-electron chi connectivity index (χ3n) is 5.30. The Balaban J connectivity index is 1.46. The molecule has 4 rings (SSSR count). The molecule has 1 aromatic carbocycles. The molecule has 0 bridgehead atoms. The molecule has 2 aliphatic rings. The molecule has 24 heavy (non-hydrogen) atoms. The predicted octanol–water partition coefficient (Wildman–Crippen LogP) is 3.54. The Labute approximate surface area is 143 Å². The highest BCUT2D eigenvalue weighted by molar-refractivity contribution is 5.37. The second-order valence-electron chi connectivity index (χ2n) is 7.22. The predicted molar refractivity (Wildman–Crippen MR) is 93.4 cm³/mol. The van der Waals surface area contributed by atoms with Gasteiger partial charge in [-0.3, -0.25) is 4.90 Å². The first-order valence-electron chi connectivity index (χ1n) is 9.05. The average molecular weight is 320 g/mol. The molecule has 0 radical (unpaired) electrons. The minimum absolute atomic E-state index is 0.516. The van der Waals surface area contributed by atoms with Crippen LogP contribution in [-0.2, 0) is 13.1 Å². The van der Waals surface area contributed by atoms with Crippen LogP contribution in [0.5, 0.6) is 0 Å². The molecule has 2 aromatic rings. The highest BCUT2D eigenvalue weighted by atomic mass is 15.1. The van der Waals surface area contributed by atoms with Gasteiger partial charge in [-0.25, -0.2) is 4.98 Å². The highest BCUT2D eigenvalue weighted by Crippen LogP contribution is 2.33. The zero-order chi connectivity index (χ0) is 16.4. The Morgan fingerprint density at radius 2 is 2.08 bits per heavy atom. The molecule has 2 heterocycles. The average Bonchev–Trinajstić information content (AvgIpc) is 3.31. The number of aromatic nitrogens is 2. The summed E-state index contributed by atoms with van der Waals surface area (Å²) in [7, 11) is 0. The number of imidazole rings is 1. The first-order chi connectivity index (χ1) is 11.8. The topological polar surface area (TPSA) is 44.9 Å². The molecule has 1 unspecified atom stereocenters. The molecule has 1 saturated carbocycles. The normalized spacial score (nSPS) is 21.5. The van der Waals surface area contributed by atoms with Crippen LogP contribution in [-0.4, -0.2) is 27.5 Å². The minimum Gasteiger partial charge on any atom is -0.334 e. The van der Waals surface area contributed by atoms with E-state index in [-0.39, 0.29) is 0 Å². The third-order valence-corrected chi connectivity index (χ3v) is 5.30. The number of benzene rings is 1. The Morgan fingerprint density at radius 1 is 1.21 bits per heavy atom. The van der Waals surface area contributed by atoms with Crippen LogP contribution in [0.3, 0.4) is 0 Å². The van der Waals surface area contributed by atoms with E-state index in [0.717, 1.165) is 43.2 Å². The first-order valence-corrected chi connectivity index (χ1v) is 9.05. The van der Waals surface area contributed by atoms with Gasteiger partial charge in [0.2, 0.25) is 0 Å². The van der Waals surface area contributed by atoms with Crippen LogP contribution in [0.2, 0.25) is 0 Å². The standard InChI is InChI=1S/C20H24N4/c21-12-17-4-1-2-5-18(17)14-23-10-3-6-19(15-23)20-22-9-11-24(20)13-16-7-8-16/h1-2,4-5,9,11,16,19H,3,6-8,10,13-15H2. The van der Waals surface area contributed by atoms with Gasteiger partial charge in [-0.15, -0.1) is 0 Å². The van der Waals surface area contributed by atoms with E-state index in [1.165, 1.54) is 31.5 Å². The van der Waals surface area contributed by atoms with Gasteiger partial charge in [0.05, 0.1) is 11.6 Å². The molecule has 0 amide bonds. The van der Waals surface area contributed by atoms with Crippen molar-refractivity contribution in [1.29, 1.82) is 5.26 Å². The summed E-state index contributed by atoms with van der Waals surface area (Å²) in [5.74, 6) is 2.65. The number of hydrogen-bond donors (Lipinski definition) is 0. The molecule has 2 fully saturated rings. The molecule has 1 atom stereocenters. The van der Waals surface area contributed by atoms with Crippen LogP contribution in [0.1, 0.15) is 48.6 Å². The van der Waals surface area contributed by atoms with Crippen LogP contribution < -0.4 is 0 Å². The maximum Gasteiger partial charge on any atom is 0.113 e. The fourth-order valence-electron chi connectivity index (χ4n) is 3.83. The summed E-state index contributed by atoms with van der Waals surface area (Å²) in [6, 6.07) is 10.3. The van der Waals surface area contributed by atoms with Crippen molar-refractivity contribution >= 4 is 0 Å². The van der Waals surface area contributed by atoms with Crippen molar-refractivity contribution in [3.63, 3.8) is 0 Å². The fourth-order valence-corrected chi connectivity index (χ4v) is 3.83. The molecular weight excluding hydrogens is 296 g/mol. The summed E-state index contributed by atoms with van der Waals surface area (Å²) < 4.78 is 2.38. The maximum atomic E-state index is 9.29. The van der Waals surface area contributed by atoms with E-state index in [9.17, 15) is 5.26 Å². The molecule has 1 aliphatic carbocycles. The molecule has 124 valence electrons. The van der Waals surface area contributed by atoms with E-state index in [2.05, 4.69) is 32.8 Å². The Hall–Kier alpha value is -2.12. The largest absolute Gasteiger partial charge is 0.334 e. The van der Waals surface area contributed by atoms with Gasteiger partial charge in [0, 0.05) is 37.9 Å². The van der Waals surface area contributed by atoms with Gasteiger partial charge in [0.25, 0.3) is 0 Å². The van der Waals surface area contributed by atoms with Gasteiger partial charge in [-0.2, -0.15) is 5.26 Å². The van der Waals surface area contributed by atoms with Crippen molar-refractivity contribution < 1.29 is 0 Å². The van der Waals surface area contributed by atoms with Crippen LogP contribution >= 0.6 is 0 Å². The summed E-state index contributed by atoms with van der Waals surface area (Å²) in [4.78, 5) is 7.17. The minimum atomic E-state index is 0.516. The zero-order valence-electron chi connectivity index (χ0n) is 14.1. The van der Waals surface area contributed by atoms with E-state index in [0.29, 0.717) is 5.92 Å². The highest BCUT2D eigenvalue weighted by Gasteiger charge is 2.27. The van der Waals surface area contributed by atoms with Gasteiger partial charge < -0.3 is 4.57 Å². The lowest BCUT2D eigenvalue weighted by molar-refractivity contribution is 0.194. The van der Waals surface area contributed by atoms with Crippen molar-refractivity contribution in [2.75, 3.05) is 13.1 Å². The van der Waals surface area contributed by atoms with Crippen molar-refractivity contribution in [3.05, 3.63) is 53.6 Å². The quantitative estimate of drug-likeness (QED) is 0.846. The van der Waals surface area contributed by atoms with E-state index >= 15 is 0 Å². The summed E-state index contributed by atoms with van der Waals surface area (Å²) in [6.45, 7) is 4.16. The van der Waals surface area contributed by atoms with E-state index < -0.39 is 0 Å². The molecule has 4 heteroatoms. The van der Waals surface area contributed by atoms with Crippen molar-refractivity contribution in [3.8, 4) is 6.07 Å². The zero-order valence-corrected chi connectivity index (χ0v) is 14.1. The summed E-state index contributed by atoms with van der Waals surface area (Å²) in [6.07, 6.45) is 9.28. The SMILES string of the molecule is N#Cc1ccccc1CN1CCCC(c2nccn2CC2CC2)C1. The molecule has 4 nitrogen and oxygen atoms in total. The number of rotatable bonds is 5. The fraction of sp³-hybridized carbons (Fsp3) is 0.500. The van der Waals surface area contributed by atoms with Gasteiger partial charge >= 0.3 is 0 Å². The third kappa shape index (κ3) is 3.37. The molecule has 0 N–H and O–H groups in total. The van der Waals surface area contributed by atoms with Gasteiger partial charge in [0.1, 0.15) is 5.82 Å². The van der Waals surface area contributed by atoms with Gasteiger partial charge in [0.15, 0.2) is 0 Å². The van der Waals surface area contributed by atoms with Crippen molar-refractivity contribution in [1.82, 2.24) is 14.5 Å². The molecular formula is C20H24N4. The number of likely N-dealkylation sites (tertiary alicyclic amines) is 1. The first kappa shape index (κ1) is 15.4.